The number of nitrogens with one attached hydrogen (secondary N) is 1. The molecule has 3 heteroatoms. The maximum Gasteiger partial charge on any atom is 0.0794 e. The molecule has 1 fully saturated rings. The summed E-state index contributed by atoms with van der Waals surface area (Å²) in [6.07, 6.45) is 3.33. The first-order valence-corrected chi connectivity index (χ1v) is 6.09. The van der Waals surface area contributed by atoms with Crippen LogP contribution in [0.15, 0.2) is 11.7 Å². The SMILES string of the molecule is CC(NCC1CC1(C)C)c1cncs1. The van der Waals surface area contributed by atoms with E-state index in [1.165, 1.54) is 11.3 Å². The van der Waals surface area contributed by atoms with Crippen molar-refractivity contribution in [3.8, 4) is 0 Å². The fourth-order valence-electron chi connectivity index (χ4n) is 1.78. The third-order valence-corrected chi connectivity index (χ3v) is 4.22. The predicted molar refractivity (Wildman–Crippen MR) is 60.4 cm³/mol. The highest BCUT2D eigenvalue weighted by atomic mass is 32.1. The maximum atomic E-state index is 4.09. The molecule has 0 bridgehead atoms. The van der Waals surface area contributed by atoms with E-state index in [4.69, 9.17) is 0 Å². The van der Waals surface area contributed by atoms with E-state index in [1.807, 2.05) is 11.7 Å². The zero-order valence-electron chi connectivity index (χ0n) is 9.08. The van der Waals surface area contributed by atoms with Gasteiger partial charge in [0.25, 0.3) is 0 Å². The first-order valence-electron chi connectivity index (χ1n) is 5.21. The van der Waals surface area contributed by atoms with E-state index in [0.29, 0.717) is 11.5 Å². The van der Waals surface area contributed by atoms with Crippen molar-refractivity contribution in [3.63, 3.8) is 0 Å². The molecule has 0 amide bonds. The summed E-state index contributed by atoms with van der Waals surface area (Å²) in [5.41, 5.74) is 2.48. The lowest BCUT2D eigenvalue weighted by molar-refractivity contribution is 0.488. The van der Waals surface area contributed by atoms with Crippen molar-refractivity contribution >= 4 is 11.3 Å². The molecule has 2 atom stereocenters. The highest BCUT2D eigenvalue weighted by molar-refractivity contribution is 7.09. The van der Waals surface area contributed by atoms with Crippen molar-refractivity contribution in [2.24, 2.45) is 11.3 Å². The molecule has 2 rings (SSSR count). The summed E-state index contributed by atoms with van der Waals surface area (Å²) in [7, 11) is 0. The monoisotopic (exact) mass is 210 g/mol. The lowest BCUT2D eigenvalue weighted by Gasteiger charge is -2.12. The van der Waals surface area contributed by atoms with Gasteiger partial charge in [0.15, 0.2) is 0 Å². The number of nitrogens with zero attached hydrogens (tertiary/aromatic N) is 1. The fraction of sp³-hybridized carbons (Fsp3) is 0.727. The van der Waals surface area contributed by atoms with E-state index >= 15 is 0 Å². The molecular weight excluding hydrogens is 192 g/mol. The van der Waals surface area contributed by atoms with E-state index < -0.39 is 0 Å². The lowest BCUT2D eigenvalue weighted by atomic mass is 10.1. The normalized spacial score (nSPS) is 26.1. The van der Waals surface area contributed by atoms with Gasteiger partial charge < -0.3 is 5.32 Å². The Balaban J connectivity index is 1.77. The highest BCUT2D eigenvalue weighted by Gasteiger charge is 2.44. The zero-order valence-corrected chi connectivity index (χ0v) is 9.90. The molecule has 0 saturated heterocycles. The Morgan fingerprint density at radius 1 is 1.71 bits per heavy atom. The molecule has 0 spiro atoms. The molecule has 1 aromatic heterocycles. The van der Waals surface area contributed by atoms with E-state index in [-0.39, 0.29) is 0 Å². The van der Waals surface area contributed by atoms with Gasteiger partial charge in [-0.05, 0) is 31.2 Å². The maximum absolute atomic E-state index is 4.09. The molecule has 1 N–H and O–H groups in total. The molecule has 1 aromatic rings. The minimum atomic E-state index is 0.457. The van der Waals surface area contributed by atoms with Gasteiger partial charge in [-0.15, -0.1) is 11.3 Å². The Labute approximate surface area is 89.8 Å². The van der Waals surface area contributed by atoms with E-state index in [0.717, 1.165) is 12.5 Å². The summed E-state index contributed by atoms with van der Waals surface area (Å²) in [6.45, 7) is 8.04. The minimum absolute atomic E-state index is 0.457. The largest absolute Gasteiger partial charge is 0.309 e. The van der Waals surface area contributed by atoms with Gasteiger partial charge in [0.1, 0.15) is 0 Å². The summed E-state index contributed by atoms with van der Waals surface area (Å²) in [5.74, 6) is 0.873. The van der Waals surface area contributed by atoms with Crippen molar-refractivity contribution in [1.82, 2.24) is 10.3 Å². The third-order valence-electron chi connectivity index (χ3n) is 3.27. The van der Waals surface area contributed by atoms with Crippen molar-refractivity contribution in [1.29, 1.82) is 0 Å². The Morgan fingerprint density at radius 3 is 2.93 bits per heavy atom. The van der Waals surface area contributed by atoms with Crippen LogP contribution < -0.4 is 5.32 Å². The molecule has 78 valence electrons. The van der Waals surface area contributed by atoms with Gasteiger partial charge in [-0.2, -0.15) is 0 Å². The quantitative estimate of drug-likeness (QED) is 0.826. The van der Waals surface area contributed by atoms with Crippen molar-refractivity contribution in [3.05, 3.63) is 16.6 Å². The molecule has 0 aromatic carbocycles. The predicted octanol–water partition coefficient (Wildman–Crippen LogP) is 2.84. The average molecular weight is 210 g/mol. The van der Waals surface area contributed by atoms with Crippen LogP contribution in [-0.4, -0.2) is 11.5 Å². The molecule has 2 unspecified atom stereocenters. The average Bonchev–Trinajstić information content (AvgIpc) is 2.58. The van der Waals surface area contributed by atoms with Gasteiger partial charge >= 0.3 is 0 Å². The molecule has 1 aliphatic carbocycles. The molecule has 1 aliphatic rings. The second-order valence-electron chi connectivity index (χ2n) is 4.92. The zero-order chi connectivity index (χ0) is 10.2. The summed E-state index contributed by atoms with van der Waals surface area (Å²) in [6, 6.07) is 0.457. The second kappa shape index (κ2) is 3.63. The third kappa shape index (κ3) is 2.15. The second-order valence-corrected chi connectivity index (χ2v) is 5.84. The van der Waals surface area contributed by atoms with Crippen LogP contribution in [0, 0.1) is 11.3 Å². The minimum Gasteiger partial charge on any atom is -0.309 e. The van der Waals surface area contributed by atoms with Crippen LogP contribution in [0.1, 0.15) is 38.1 Å². The molecule has 14 heavy (non-hydrogen) atoms. The molecule has 1 saturated carbocycles. The van der Waals surface area contributed by atoms with Crippen LogP contribution in [0.5, 0.6) is 0 Å². The summed E-state index contributed by atoms with van der Waals surface area (Å²) >= 11 is 1.73. The van der Waals surface area contributed by atoms with Crippen molar-refractivity contribution in [2.45, 2.75) is 33.2 Å². The van der Waals surface area contributed by atoms with Gasteiger partial charge in [0.05, 0.1) is 5.51 Å². The topological polar surface area (TPSA) is 24.9 Å². The van der Waals surface area contributed by atoms with Crippen LogP contribution in [0.25, 0.3) is 0 Å². The standard InChI is InChI=1S/C11H18N2S/c1-8(10-6-12-7-14-10)13-5-9-4-11(9,2)3/h6-9,13H,4-5H2,1-3H3. The van der Waals surface area contributed by atoms with Gasteiger partial charge in [-0.25, -0.2) is 0 Å². The summed E-state index contributed by atoms with van der Waals surface area (Å²) in [4.78, 5) is 5.43. The van der Waals surface area contributed by atoms with Crippen LogP contribution in [-0.2, 0) is 0 Å². The van der Waals surface area contributed by atoms with Crippen molar-refractivity contribution in [2.75, 3.05) is 6.54 Å². The van der Waals surface area contributed by atoms with Crippen LogP contribution in [0.3, 0.4) is 0 Å². The van der Waals surface area contributed by atoms with Crippen molar-refractivity contribution < 1.29 is 0 Å². The summed E-state index contributed by atoms with van der Waals surface area (Å²) < 4.78 is 0. The Kier molecular flexibility index (Phi) is 2.62. The number of aromatic nitrogens is 1. The van der Waals surface area contributed by atoms with Gasteiger partial charge in [0.2, 0.25) is 0 Å². The number of hydrogen-bond donors (Lipinski definition) is 1. The number of rotatable bonds is 4. The molecule has 0 aliphatic heterocycles. The number of hydrogen-bond acceptors (Lipinski definition) is 3. The first kappa shape index (κ1) is 10.1. The van der Waals surface area contributed by atoms with Gasteiger partial charge in [-0.3, -0.25) is 4.98 Å². The summed E-state index contributed by atoms with van der Waals surface area (Å²) in [5, 5.41) is 3.57. The smallest absolute Gasteiger partial charge is 0.0794 e. The molecular formula is C11H18N2S. The molecule has 1 heterocycles. The Hall–Kier alpha value is -0.410. The van der Waals surface area contributed by atoms with E-state index in [1.54, 1.807) is 11.3 Å². The highest BCUT2D eigenvalue weighted by Crippen LogP contribution is 2.51. The molecule has 2 nitrogen and oxygen atoms in total. The fourth-order valence-corrected chi connectivity index (χ4v) is 2.44. The van der Waals surface area contributed by atoms with Gasteiger partial charge in [-0.1, -0.05) is 13.8 Å². The first-order chi connectivity index (χ1) is 6.59. The molecule has 0 radical (unpaired) electrons. The van der Waals surface area contributed by atoms with Gasteiger partial charge in [0, 0.05) is 17.1 Å². The van der Waals surface area contributed by atoms with E-state index in [9.17, 15) is 0 Å². The Morgan fingerprint density at radius 2 is 2.43 bits per heavy atom. The van der Waals surface area contributed by atoms with Crippen LogP contribution in [0.4, 0.5) is 0 Å². The Bertz CT molecular complexity index is 292. The number of thiazole rings is 1. The lowest BCUT2D eigenvalue weighted by Crippen LogP contribution is -2.21. The van der Waals surface area contributed by atoms with Crippen LogP contribution >= 0.6 is 11.3 Å². The van der Waals surface area contributed by atoms with Crippen LogP contribution in [0.2, 0.25) is 0 Å². The van der Waals surface area contributed by atoms with E-state index in [2.05, 4.69) is 31.1 Å².